The molecule has 5 rings (SSSR count). The van der Waals surface area contributed by atoms with Crippen LogP contribution in [-0.4, -0.2) is 43.1 Å². The van der Waals surface area contributed by atoms with Crippen molar-refractivity contribution in [1.82, 2.24) is 29.9 Å². The summed E-state index contributed by atoms with van der Waals surface area (Å²) in [5.41, 5.74) is 2.63. The van der Waals surface area contributed by atoms with E-state index in [-0.39, 0.29) is 0 Å². The zero-order chi connectivity index (χ0) is 19.6. The molecule has 3 aromatic heterocycles. The number of ether oxygens (including phenoxy) is 1. The van der Waals surface area contributed by atoms with Gasteiger partial charge in [0, 0.05) is 18.0 Å². The van der Waals surface area contributed by atoms with E-state index in [2.05, 4.69) is 20.6 Å². The highest BCUT2D eigenvalue weighted by Crippen LogP contribution is 2.28. The van der Waals surface area contributed by atoms with Crippen LogP contribution in [0.15, 0.2) is 60.9 Å². The third kappa shape index (κ3) is 3.25. The third-order valence-electron chi connectivity index (χ3n) is 4.72. The van der Waals surface area contributed by atoms with Gasteiger partial charge >= 0.3 is 0 Å². The van der Waals surface area contributed by atoms with Crippen molar-refractivity contribution in [3.63, 3.8) is 0 Å². The summed E-state index contributed by atoms with van der Waals surface area (Å²) in [6.45, 7) is 1.12. The van der Waals surface area contributed by atoms with E-state index in [1.54, 1.807) is 17.1 Å². The first kappa shape index (κ1) is 17.2. The van der Waals surface area contributed by atoms with Gasteiger partial charge in [-0.25, -0.2) is 9.97 Å². The number of hydrogen-bond donors (Lipinski definition) is 2. The molecule has 0 saturated heterocycles. The highest BCUT2D eigenvalue weighted by atomic mass is 16.5. The van der Waals surface area contributed by atoms with Crippen molar-refractivity contribution in [3.8, 4) is 17.1 Å². The number of benzene rings is 2. The Kier molecular flexibility index (Phi) is 4.28. The number of hydrogen-bond acceptors (Lipinski definition) is 6. The van der Waals surface area contributed by atoms with Crippen LogP contribution >= 0.6 is 0 Å². The van der Waals surface area contributed by atoms with Crippen LogP contribution in [0.4, 0.5) is 5.82 Å². The summed E-state index contributed by atoms with van der Waals surface area (Å²) in [5.74, 6) is 2.20. The fraction of sp³-hybridized carbons (Fsp3) is 0.143. The van der Waals surface area contributed by atoms with Crippen molar-refractivity contribution in [2.45, 2.75) is 0 Å². The van der Waals surface area contributed by atoms with Gasteiger partial charge in [-0.1, -0.05) is 30.3 Å². The molecule has 0 radical (unpaired) electrons. The van der Waals surface area contributed by atoms with Gasteiger partial charge in [-0.05, 0) is 18.2 Å². The van der Waals surface area contributed by atoms with E-state index in [1.807, 2.05) is 55.6 Å². The minimum Gasteiger partial charge on any atom is -0.492 e. The number of fused-ring (bicyclic) bond motifs is 2. The molecule has 0 fully saturated rings. The van der Waals surface area contributed by atoms with E-state index in [0.717, 1.165) is 39.1 Å². The summed E-state index contributed by atoms with van der Waals surface area (Å²) >= 11 is 0. The van der Waals surface area contributed by atoms with Crippen LogP contribution < -0.4 is 10.1 Å². The van der Waals surface area contributed by atoms with Crippen molar-refractivity contribution in [3.05, 3.63) is 60.9 Å². The van der Waals surface area contributed by atoms with Gasteiger partial charge in [0.05, 0.1) is 29.8 Å². The second-order valence-corrected chi connectivity index (χ2v) is 6.63. The second kappa shape index (κ2) is 7.23. The Morgan fingerprint density at radius 1 is 1.00 bits per heavy atom. The second-order valence-electron chi connectivity index (χ2n) is 6.63. The number of para-hydroxylation sites is 1. The fourth-order valence-corrected chi connectivity index (χ4v) is 3.30. The molecule has 0 spiro atoms. The SMILES string of the molecule is Cn1ncc2c(NCCOc3ccccc3)nc(-c3cccc4[nH]ncc34)nc21. The molecule has 0 bridgehead atoms. The molecular formula is C21H19N7O. The molecule has 0 aliphatic carbocycles. The molecular weight excluding hydrogens is 366 g/mol. The summed E-state index contributed by atoms with van der Waals surface area (Å²) in [6.07, 6.45) is 3.57. The number of rotatable bonds is 6. The first-order valence-electron chi connectivity index (χ1n) is 9.33. The number of aromatic nitrogens is 6. The summed E-state index contributed by atoms with van der Waals surface area (Å²) < 4.78 is 7.52. The normalized spacial score (nSPS) is 11.2. The molecule has 0 amide bonds. The summed E-state index contributed by atoms with van der Waals surface area (Å²) in [5, 5.41) is 16.7. The number of anilines is 1. The van der Waals surface area contributed by atoms with E-state index in [0.29, 0.717) is 19.0 Å². The molecule has 0 saturated carbocycles. The van der Waals surface area contributed by atoms with Crippen molar-refractivity contribution < 1.29 is 4.74 Å². The summed E-state index contributed by atoms with van der Waals surface area (Å²) in [6, 6.07) is 15.7. The standard InChI is InChI=1S/C21H19N7O/c1-28-21-17(13-24-28)19(22-10-11-29-14-6-3-2-4-7-14)25-20(26-21)15-8-5-9-18-16(15)12-23-27-18/h2-9,12-13H,10-11H2,1H3,(H,23,27)(H,22,25,26). The summed E-state index contributed by atoms with van der Waals surface area (Å²) in [4.78, 5) is 9.53. The van der Waals surface area contributed by atoms with Crippen LogP contribution in [-0.2, 0) is 7.05 Å². The van der Waals surface area contributed by atoms with Gasteiger partial charge in [-0.2, -0.15) is 10.2 Å². The Balaban J connectivity index is 1.46. The molecule has 2 aromatic carbocycles. The molecule has 0 unspecified atom stereocenters. The van der Waals surface area contributed by atoms with Gasteiger partial charge in [-0.15, -0.1) is 0 Å². The lowest BCUT2D eigenvalue weighted by atomic mass is 10.1. The Labute approximate surface area is 166 Å². The van der Waals surface area contributed by atoms with Crippen molar-refractivity contribution in [1.29, 1.82) is 0 Å². The zero-order valence-electron chi connectivity index (χ0n) is 15.8. The number of H-pyrrole nitrogens is 1. The maximum Gasteiger partial charge on any atom is 0.164 e. The topological polar surface area (TPSA) is 93.5 Å². The van der Waals surface area contributed by atoms with Gasteiger partial charge < -0.3 is 10.1 Å². The molecule has 0 aliphatic heterocycles. The van der Waals surface area contributed by atoms with Gasteiger partial charge in [0.15, 0.2) is 11.5 Å². The molecule has 0 aliphatic rings. The average molecular weight is 385 g/mol. The molecule has 3 heterocycles. The van der Waals surface area contributed by atoms with Crippen molar-refractivity contribution in [2.75, 3.05) is 18.5 Å². The molecule has 2 N–H and O–H groups in total. The first-order valence-corrected chi connectivity index (χ1v) is 9.33. The van der Waals surface area contributed by atoms with Crippen LogP contribution in [0.5, 0.6) is 5.75 Å². The van der Waals surface area contributed by atoms with Gasteiger partial charge in [0.25, 0.3) is 0 Å². The predicted octanol–water partition coefficient (Wildman–Crippen LogP) is 3.40. The molecule has 8 heteroatoms. The Hall–Kier alpha value is -3.94. The van der Waals surface area contributed by atoms with E-state index in [1.165, 1.54) is 0 Å². The Bertz CT molecular complexity index is 1280. The predicted molar refractivity (Wildman–Crippen MR) is 112 cm³/mol. The van der Waals surface area contributed by atoms with Crippen molar-refractivity contribution in [2.24, 2.45) is 7.05 Å². The molecule has 8 nitrogen and oxygen atoms in total. The molecule has 0 atom stereocenters. The van der Waals surface area contributed by atoms with Crippen LogP contribution in [0.1, 0.15) is 0 Å². The van der Waals surface area contributed by atoms with E-state index in [4.69, 9.17) is 14.7 Å². The lowest BCUT2D eigenvalue weighted by molar-refractivity contribution is 0.333. The van der Waals surface area contributed by atoms with E-state index < -0.39 is 0 Å². The van der Waals surface area contributed by atoms with Gasteiger partial charge in [-0.3, -0.25) is 9.78 Å². The largest absolute Gasteiger partial charge is 0.492 e. The maximum absolute atomic E-state index is 5.77. The smallest absolute Gasteiger partial charge is 0.164 e. The first-order chi connectivity index (χ1) is 14.3. The zero-order valence-corrected chi connectivity index (χ0v) is 15.8. The van der Waals surface area contributed by atoms with Crippen LogP contribution in [0.25, 0.3) is 33.3 Å². The number of nitrogens with zero attached hydrogens (tertiary/aromatic N) is 5. The van der Waals surface area contributed by atoms with E-state index in [9.17, 15) is 0 Å². The lowest BCUT2D eigenvalue weighted by Crippen LogP contribution is -2.13. The fourth-order valence-electron chi connectivity index (χ4n) is 3.30. The number of aromatic amines is 1. The van der Waals surface area contributed by atoms with Gasteiger partial charge in [0.2, 0.25) is 0 Å². The third-order valence-corrected chi connectivity index (χ3v) is 4.72. The number of nitrogens with one attached hydrogen (secondary N) is 2. The monoisotopic (exact) mass is 385 g/mol. The van der Waals surface area contributed by atoms with Crippen molar-refractivity contribution >= 4 is 27.8 Å². The minimum atomic E-state index is 0.516. The molecule has 5 aromatic rings. The maximum atomic E-state index is 5.77. The van der Waals surface area contributed by atoms with Crippen LogP contribution in [0.3, 0.4) is 0 Å². The Morgan fingerprint density at radius 2 is 1.90 bits per heavy atom. The lowest BCUT2D eigenvalue weighted by Gasteiger charge is -2.11. The highest BCUT2D eigenvalue weighted by molar-refractivity contribution is 5.95. The van der Waals surface area contributed by atoms with E-state index >= 15 is 0 Å². The summed E-state index contributed by atoms with van der Waals surface area (Å²) in [7, 11) is 1.87. The quantitative estimate of drug-likeness (QED) is 0.435. The van der Waals surface area contributed by atoms with Crippen LogP contribution in [0, 0.1) is 0 Å². The highest BCUT2D eigenvalue weighted by Gasteiger charge is 2.15. The minimum absolute atomic E-state index is 0.516. The Morgan fingerprint density at radius 3 is 2.79 bits per heavy atom. The molecule has 144 valence electrons. The number of aryl methyl sites for hydroxylation is 1. The molecule has 29 heavy (non-hydrogen) atoms. The van der Waals surface area contributed by atoms with Crippen LogP contribution in [0.2, 0.25) is 0 Å². The van der Waals surface area contributed by atoms with Gasteiger partial charge in [0.1, 0.15) is 18.2 Å². The average Bonchev–Trinajstić information content (AvgIpc) is 3.38.